The van der Waals surface area contributed by atoms with Crippen LogP contribution >= 0.6 is 0 Å². The zero-order valence-corrected chi connectivity index (χ0v) is 13.0. The molecule has 2 N–H and O–H groups in total. The van der Waals surface area contributed by atoms with Crippen molar-refractivity contribution in [1.82, 2.24) is 24.1 Å². The third kappa shape index (κ3) is 3.14. The van der Waals surface area contributed by atoms with Crippen LogP contribution in [0.1, 0.15) is 31.4 Å². The van der Waals surface area contributed by atoms with E-state index >= 15 is 0 Å². The number of rotatable bonds is 6. The van der Waals surface area contributed by atoms with Crippen molar-refractivity contribution in [1.29, 1.82) is 0 Å². The Kier molecular flexibility index (Phi) is 4.45. The number of sulfonamides is 1. The van der Waals surface area contributed by atoms with Crippen molar-refractivity contribution < 1.29 is 13.5 Å². The van der Waals surface area contributed by atoms with Crippen LogP contribution in [0.3, 0.4) is 0 Å². The Morgan fingerprint density at radius 2 is 2.19 bits per heavy atom. The number of aliphatic hydroxyl groups is 1. The second-order valence-electron chi connectivity index (χ2n) is 4.75. The molecule has 21 heavy (non-hydrogen) atoms. The second kappa shape index (κ2) is 5.96. The summed E-state index contributed by atoms with van der Waals surface area (Å²) >= 11 is 0. The summed E-state index contributed by atoms with van der Waals surface area (Å²) in [6, 6.07) is 0.958. The first kappa shape index (κ1) is 15.7. The van der Waals surface area contributed by atoms with Gasteiger partial charge in [-0.05, 0) is 19.9 Å². The van der Waals surface area contributed by atoms with E-state index < -0.39 is 16.1 Å². The molecule has 0 aromatic carbocycles. The minimum absolute atomic E-state index is 0.127. The molecule has 0 saturated heterocycles. The standard InChI is InChI=1S/C12H19N5O3S/c1-4-17-6-11(5-10(17)7-18)21(19,20)15-9(2)12-14-13-8-16(12)3/h5-6,8-9,15,18H,4,7H2,1-3H3. The van der Waals surface area contributed by atoms with Crippen LogP contribution in [-0.4, -0.2) is 32.9 Å². The SMILES string of the molecule is CCn1cc(S(=O)(=O)NC(C)c2nncn2C)cc1CO. The molecule has 1 atom stereocenters. The molecule has 2 aromatic rings. The lowest BCUT2D eigenvalue weighted by Gasteiger charge is -2.12. The molecule has 1 unspecified atom stereocenters. The molecule has 0 aliphatic heterocycles. The van der Waals surface area contributed by atoms with Gasteiger partial charge in [-0.15, -0.1) is 10.2 Å². The maximum Gasteiger partial charge on any atom is 0.242 e. The molecule has 0 spiro atoms. The van der Waals surface area contributed by atoms with Crippen molar-refractivity contribution in [3.63, 3.8) is 0 Å². The molecule has 0 aliphatic rings. The van der Waals surface area contributed by atoms with E-state index in [9.17, 15) is 13.5 Å². The molecule has 0 saturated carbocycles. The fraction of sp³-hybridized carbons (Fsp3) is 0.500. The first-order chi connectivity index (χ1) is 9.89. The lowest BCUT2D eigenvalue weighted by molar-refractivity contribution is 0.271. The highest BCUT2D eigenvalue weighted by Crippen LogP contribution is 2.18. The van der Waals surface area contributed by atoms with E-state index in [2.05, 4.69) is 14.9 Å². The first-order valence-corrected chi connectivity index (χ1v) is 8.03. The van der Waals surface area contributed by atoms with Crippen molar-refractivity contribution in [2.24, 2.45) is 7.05 Å². The predicted molar refractivity (Wildman–Crippen MR) is 75.8 cm³/mol. The van der Waals surface area contributed by atoms with Gasteiger partial charge in [0.15, 0.2) is 0 Å². The van der Waals surface area contributed by atoms with Gasteiger partial charge in [0.25, 0.3) is 0 Å². The summed E-state index contributed by atoms with van der Waals surface area (Å²) in [6.07, 6.45) is 3.02. The molecule has 2 heterocycles. The van der Waals surface area contributed by atoms with Crippen LogP contribution in [0, 0.1) is 0 Å². The van der Waals surface area contributed by atoms with E-state index in [0.717, 1.165) is 0 Å². The smallest absolute Gasteiger partial charge is 0.242 e. The fourth-order valence-electron chi connectivity index (χ4n) is 2.14. The van der Waals surface area contributed by atoms with Gasteiger partial charge >= 0.3 is 0 Å². The van der Waals surface area contributed by atoms with Gasteiger partial charge in [0.1, 0.15) is 12.2 Å². The van der Waals surface area contributed by atoms with Gasteiger partial charge < -0.3 is 14.2 Å². The number of aryl methyl sites for hydroxylation is 2. The molecule has 0 radical (unpaired) electrons. The summed E-state index contributed by atoms with van der Waals surface area (Å²) in [6.45, 7) is 3.96. The Balaban J connectivity index is 2.26. The van der Waals surface area contributed by atoms with E-state index in [-0.39, 0.29) is 11.5 Å². The zero-order chi connectivity index (χ0) is 15.6. The van der Waals surface area contributed by atoms with Crippen molar-refractivity contribution in [3.8, 4) is 0 Å². The minimum Gasteiger partial charge on any atom is -0.390 e. The van der Waals surface area contributed by atoms with Gasteiger partial charge in [0, 0.05) is 25.5 Å². The topological polar surface area (TPSA) is 102 Å². The molecule has 0 aliphatic carbocycles. The largest absolute Gasteiger partial charge is 0.390 e. The number of nitrogens with one attached hydrogen (secondary N) is 1. The molecule has 2 aromatic heterocycles. The number of aromatic nitrogens is 4. The van der Waals surface area contributed by atoms with Gasteiger partial charge in [-0.25, -0.2) is 13.1 Å². The van der Waals surface area contributed by atoms with E-state index in [1.165, 1.54) is 18.6 Å². The summed E-state index contributed by atoms with van der Waals surface area (Å²) < 4.78 is 30.7. The Hall–Kier alpha value is -1.71. The van der Waals surface area contributed by atoms with Crippen LogP contribution in [0.2, 0.25) is 0 Å². The molecular formula is C12H19N5O3S. The Morgan fingerprint density at radius 1 is 1.48 bits per heavy atom. The molecule has 2 rings (SSSR count). The summed E-state index contributed by atoms with van der Waals surface area (Å²) in [5.74, 6) is 0.524. The van der Waals surface area contributed by atoms with Crippen LogP contribution in [0.15, 0.2) is 23.5 Å². The van der Waals surface area contributed by atoms with Gasteiger partial charge in [-0.2, -0.15) is 0 Å². The monoisotopic (exact) mass is 313 g/mol. The van der Waals surface area contributed by atoms with E-state index in [1.807, 2.05) is 6.92 Å². The number of nitrogens with zero attached hydrogens (tertiary/aromatic N) is 4. The average molecular weight is 313 g/mol. The highest BCUT2D eigenvalue weighted by molar-refractivity contribution is 7.89. The molecule has 0 fully saturated rings. The average Bonchev–Trinajstić information content (AvgIpc) is 3.03. The molecule has 0 bridgehead atoms. The fourth-order valence-corrected chi connectivity index (χ4v) is 3.40. The summed E-state index contributed by atoms with van der Waals surface area (Å²) in [4.78, 5) is 0.127. The highest BCUT2D eigenvalue weighted by Gasteiger charge is 2.23. The van der Waals surface area contributed by atoms with Gasteiger partial charge in [-0.3, -0.25) is 0 Å². The molecule has 9 heteroatoms. The molecular weight excluding hydrogens is 294 g/mol. The normalized spacial score (nSPS) is 13.5. The van der Waals surface area contributed by atoms with Crippen molar-refractivity contribution in [2.45, 2.75) is 37.9 Å². The number of hydrogen-bond acceptors (Lipinski definition) is 5. The summed E-state index contributed by atoms with van der Waals surface area (Å²) in [7, 11) is -1.94. The molecule has 8 nitrogen and oxygen atoms in total. The lowest BCUT2D eigenvalue weighted by Crippen LogP contribution is -2.28. The van der Waals surface area contributed by atoms with Crippen LogP contribution in [0.4, 0.5) is 0 Å². The summed E-state index contributed by atoms with van der Waals surface area (Å²) in [5, 5.41) is 16.9. The van der Waals surface area contributed by atoms with Gasteiger partial charge in [-0.1, -0.05) is 0 Å². The Bertz CT molecular complexity index is 698. The minimum atomic E-state index is -3.69. The summed E-state index contributed by atoms with van der Waals surface area (Å²) in [5.41, 5.74) is 0.559. The maximum absolute atomic E-state index is 12.4. The van der Waals surface area contributed by atoms with Crippen LogP contribution < -0.4 is 4.72 Å². The van der Waals surface area contributed by atoms with Crippen molar-refractivity contribution >= 4 is 10.0 Å². The quantitative estimate of drug-likeness (QED) is 0.791. The lowest BCUT2D eigenvalue weighted by atomic mass is 10.3. The van der Waals surface area contributed by atoms with Crippen molar-refractivity contribution in [2.75, 3.05) is 0 Å². The molecule has 116 valence electrons. The third-order valence-corrected chi connectivity index (χ3v) is 4.75. The molecule has 0 amide bonds. The number of hydrogen-bond donors (Lipinski definition) is 2. The van der Waals surface area contributed by atoms with Gasteiger partial charge in [0.2, 0.25) is 10.0 Å². The first-order valence-electron chi connectivity index (χ1n) is 6.55. The van der Waals surface area contributed by atoms with E-state index in [0.29, 0.717) is 18.1 Å². The highest BCUT2D eigenvalue weighted by atomic mass is 32.2. The van der Waals surface area contributed by atoms with Crippen LogP contribution in [-0.2, 0) is 30.2 Å². The third-order valence-electron chi connectivity index (χ3n) is 3.24. The van der Waals surface area contributed by atoms with Crippen LogP contribution in [0.25, 0.3) is 0 Å². The van der Waals surface area contributed by atoms with Crippen LogP contribution in [0.5, 0.6) is 0 Å². The van der Waals surface area contributed by atoms with E-state index in [4.69, 9.17) is 0 Å². The van der Waals surface area contributed by atoms with E-state index in [1.54, 1.807) is 23.1 Å². The maximum atomic E-state index is 12.4. The zero-order valence-electron chi connectivity index (χ0n) is 12.2. The number of aliphatic hydroxyl groups excluding tert-OH is 1. The second-order valence-corrected chi connectivity index (χ2v) is 6.47. The Morgan fingerprint density at radius 3 is 2.67 bits per heavy atom. The predicted octanol–water partition coefficient (Wildman–Crippen LogP) is 0.168. The van der Waals surface area contributed by atoms with Gasteiger partial charge in [0.05, 0.1) is 17.5 Å². The van der Waals surface area contributed by atoms with Crippen molar-refractivity contribution in [3.05, 3.63) is 30.1 Å². The Labute approximate surface area is 123 Å².